The summed E-state index contributed by atoms with van der Waals surface area (Å²) in [7, 11) is 0. The predicted octanol–water partition coefficient (Wildman–Crippen LogP) is 2.63. The Morgan fingerprint density at radius 2 is 2.33 bits per heavy atom. The van der Waals surface area contributed by atoms with Crippen molar-refractivity contribution in [3.63, 3.8) is 0 Å². The lowest BCUT2D eigenvalue weighted by molar-refractivity contribution is 0.0999. The molecule has 0 bridgehead atoms. The highest BCUT2D eigenvalue weighted by molar-refractivity contribution is 6.15. The zero-order valence-corrected chi connectivity index (χ0v) is 8.45. The number of Topliss-reactive ketones (excluding diaryl/α,β-unsaturated/α-hetero) is 1. The summed E-state index contributed by atoms with van der Waals surface area (Å²) in [4.78, 5) is 16.1. The molecule has 1 aromatic carbocycles. The summed E-state index contributed by atoms with van der Waals surface area (Å²) in [6, 6.07) is 7.06. The van der Waals surface area contributed by atoms with E-state index in [0.717, 1.165) is 12.1 Å². The van der Waals surface area contributed by atoms with E-state index in [9.17, 15) is 4.79 Å². The average molecular weight is 198 g/mol. The normalized spacial score (nSPS) is 14.1. The quantitative estimate of drug-likeness (QED) is 0.696. The molecule has 0 fully saturated rings. The molecule has 74 valence electrons. The summed E-state index contributed by atoms with van der Waals surface area (Å²) in [6.07, 6.45) is 1.19. The van der Waals surface area contributed by atoms with Gasteiger partial charge in [0.2, 0.25) is 0 Å². The van der Waals surface area contributed by atoms with Gasteiger partial charge >= 0.3 is 0 Å². The van der Waals surface area contributed by atoms with Gasteiger partial charge in [0.25, 0.3) is 0 Å². The Balaban J connectivity index is 2.56. The summed E-state index contributed by atoms with van der Waals surface area (Å²) < 4.78 is 0. The van der Waals surface area contributed by atoms with Crippen LogP contribution in [0.2, 0.25) is 0 Å². The second kappa shape index (κ2) is 3.66. The second-order valence-corrected chi connectivity index (χ2v) is 3.48. The minimum atomic E-state index is 0.0985. The lowest BCUT2D eigenvalue weighted by Gasteiger charge is -2.13. The Kier molecular flexibility index (Phi) is 2.34. The highest BCUT2D eigenvalue weighted by Crippen LogP contribution is 2.27. The number of nitriles is 1. The Labute approximate surface area is 88.1 Å². The van der Waals surface area contributed by atoms with Gasteiger partial charge in [-0.3, -0.25) is 9.79 Å². The molecule has 0 saturated heterocycles. The molecule has 2 rings (SSSR count). The lowest BCUT2D eigenvalue weighted by Crippen LogP contribution is -2.12. The van der Waals surface area contributed by atoms with Crippen molar-refractivity contribution in [1.82, 2.24) is 0 Å². The largest absolute Gasteiger partial charge is 0.294 e. The summed E-state index contributed by atoms with van der Waals surface area (Å²) in [5.41, 5.74) is 2.71. The third-order valence-corrected chi connectivity index (χ3v) is 2.48. The molecule has 1 aliphatic heterocycles. The zero-order chi connectivity index (χ0) is 10.8. The van der Waals surface area contributed by atoms with Crippen LogP contribution in [0.3, 0.4) is 0 Å². The van der Waals surface area contributed by atoms with Gasteiger partial charge in [-0.15, -0.1) is 0 Å². The molecule has 0 amide bonds. The minimum Gasteiger partial charge on any atom is -0.294 e. The fourth-order valence-electron chi connectivity index (χ4n) is 1.62. The van der Waals surface area contributed by atoms with E-state index in [1.807, 2.05) is 13.0 Å². The first-order chi connectivity index (χ1) is 7.24. The third-order valence-electron chi connectivity index (χ3n) is 2.48. The van der Waals surface area contributed by atoms with Gasteiger partial charge in [-0.1, -0.05) is 6.92 Å². The number of nitrogens with zero attached hydrogens (tertiary/aromatic N) is 2. The molecule has 0 atom stereocenters. The Bertz CT molecular complexity index is 495. The smallest absolute Gasteiger partial charge is 0.170 e. The van der Waals surface area contributed by atoms with Crippen molar-refractivity contribution in [3.8, 4) is 6.07 Å². The Hall–Kier alpha value is -1.95. The van der Waals surface area contributed by atoms with Crippen LogP contribution in [-0.2, 0) is 0 Å². The molecule has 0 aromatic heterocycles. The van der Waals surface area contributed by atoms with Gasteiger partial charge in [0.15, 0.2) is 5.78 Å². The van der Waals surface area contributed by atoms with Crippen LogP contribution >= 0.6 is 0 Å². The standard InChI is InChI=1S/C12H10N2O/c1-2-9-6-12(15)10-4-3-8(7-13)5-11(10)14-9/h3-5H,2,6H2,1H3. The van der Waals surface area contributed by atoms with Crippen LogP contribution < -0.4 is 0 Å². The van der Waals surface area contributed by atoms with E-state index in [4.69, 9.17) is 5.26 Å². The summed E-state index contributed by atoms with van der Waals surface area (Å²) in [5, 5.41) is 8.74. The van der Waals surface area contributed by atoms with E-state index in [-0.39, 0.29) is 5.78 Å². The highest BCUT2D eigenvalue weighted by Gasteiger charge is 2.18. The number of benzene rings is 1. The fraction of sp³-hybridized carbons (Fsp3) is 0.250. The van der Waals surface area contributed by atoms with Crippen molar-refractivity contribution in [1.29, 1.82) is 5.26 Å². The molecule has 0 saturated carbocycles. The van der Waals surface area contributed by atoms with Crippen LogP contribution in [0, 0.1) is 11.3 Å². The van der Waals surface area contributed by atoms with Crippen LogP contribution in [0.4, 0.5) is 5.69 Å². The van der Waals surface area contributed by atoms with E-state index in [2.05, 4.69) is 4.99 Å². The van der Waals surface area contributed by atoms with Crippen molar-refractivity contribution in [2.75, 3.05) is 0 Å². The fourth-order valence-corrected chi connectivity index (χ4v) is 1.62. The molecule has 3 nitrogen and oxygen atoms in total. The number of rotatable bonds is 1. The summed E-state index contributed by atoms with van der Waals surface area (Å²) >= 11 is 0. The molecular weight excluding hydrogens is 188 g/mol. The van der Waals surface area contributed by atoms with E-state index in [1.165, 1.54) is 0 Å². The number of carbonyl (C=O) groups is 1. The van der Waals surface area contributed by atoms with Crippen LogP contribution in [0.5, 0.6) is 0 Å². The number of aliphatic imine (C=N–C) groups is 1. The maximum Gasteiger partial charge on any atom is 0.170 e. The number of ketones is 1. The van der Waals surface area contributed by atoms with Gasteiger partial charge in [0, 0.05) is 17.7 Å². The van der Waals surface area contributed by atoms with Gasteiger partial charge in [-0.05, 0) is 24.6 Å². The van der Waals surface area contributed by atoms with Crippen molar-refractivity contribution in [2.24, 2.45) is 4.99 Å². The number of fused-ring (bicyclic) bond motifs is 1. The van der Waals surface area contributed by atoms with E-state index < -0.39 is 0 Å². The number of hydrogen-bond acceptors (Lipinski definition) is 3. The third kappa shape index (κ3) is 1.66. The van der Waals surface area contributed by atoms with Crippen molar-refractivity contribution < 1.29 is 4.79 Å². The maximum atomic E-state index is 11.7. The monoisotopic (exact) mass is 198 g/mol. The van der Waals surface area contributed by atoms with Gasteiger partial charge in [0.1, 0.15) is 0 Å². The van der Waals surface area contributed by atoms with Crippen molar-refractivity contribution in [3.05, 3.63) is 29.3 Å². The molecule has 0 aliphatic carbocycles. The van der Waals surface area contributed by atoms with Crippen molar-refractivity contribution >= 4 is 17.2 Å². The Morgan fingerprint density at radius 1 is 1.53 bits per heavy atom. The minimum absolute atomic E-state index is 0.0985. The molecule has 1 aliphatic rings. The topological polar surface area (TPSA) is 53.2 Å². The summed E-state index contributed by atoms with van der Waals surface area (Å²) in [6.45, 7) is 1.98. The first kappa shape index (κ1) is 9.60. The van der Waals surface area contributed by atoms with Crippen LogP contribution in [-0.4, -0.2) is 11.5 Å². The molecule has 1 heterocycles. The van der Waals surface area contributed by atoms with E-state index >= 15 is 0 Å². The van der Waals surface area contributed by atoms with E-state index in [1.54, 1.807) is 18.2 Å². The molecule has 0 unspecified atom stereocenters. The Morgan fingerprint density at radius 3 is 3.00 bits per heavy atom. The molecule has 15 heavy (non-hydrogen) atoms. The lowest BCUT2D eigenvalue weighted by atomic mass is 9.98. The summed E-state index contributed by atoms with van der Waals surface area (Å²) in [5.74, 6) is 0.0985. The van der Waals surface area contributed by atoms with Gasteiger partial charge in [0.05, 0.1) is 17.3 Å². The van der Waals surface area contributed by atoms with E-state index in [0.29, 0.717) is 23.2 Å². The highest BCUT2D eigenvalue weighted by atomic mass is 16.1. The maximum absolute atomic E-state index is 11.7. The van der Waals surface area contributed by atoms with Crippen LogP contribution in [0.15, 0.2) is 23.2 Å². The first-order valence-corrected chi connectivity index (χ1v) is 4.88. The van der Waals surface area contributed by atoms with Crippen LogP contribution in [0.25, 0.3) is 0 Å². The molecule has 1 aromatic rings. The number of hydrogen-bond donors (Lipinski definition) is 0. The first-order valence-electron chi connectivity index (χ1n) is 4.88. The van der Waals surface area contributed by atoms with Gasteiger partial charge < -0.3 is 0 Å². The van der Waals surface area contributed by atoms with Crippen molar-refractivity contribution in [2.45, 2.75) is 19.8 Å². The molecular formula is C12H10N2O. The molecule has 0 N–H and O–H groups in total. The van der Waals surface area contributed by atoms with Crippen LogP contribution in [0.1, 0.15) is 35.7 Å². The van der Waals surface area contributed by atoms with Gasteiger partial charge in [-0.2, -0.15) is 5.26 Å². The van der Waals surface area contributed by atoms with Gasteiger partial charge in [-0.25, -0.2) is 0 Å². The molecule has 0 spiro atoms. The average Bonchev–Trinajstić information content (AvgIpc) is 2.28. The zero-order valence-electron chi connectivity index (χ0n) is 8.45. The number of carbonyl (C=O) groups excluding carboxylic acids is 1. The molecule has 3 heteroatoms. The predicted molar refractivity (Wildman–Crippen MR) is 57.5 cm³/mol. The second-order valence-electron chi connectivity index (χ2n) is 3.48. The SMILES string of the molecule is CCC1=Nc2cc(C#N)ccc2C(=O)C1. The molecule has 0 radical (unpaired) electrons.